The summed E-state index contributed by atoms with van der Waals surface area (Å²) in [4.78, 5) is 29.7. The molecule has 3 aromatic carbocycles. The van der Waals surface area contributed by atoms with Crippen LogP contribution in [0.1, 0.15) is 41.3 Å². The maximum absolute atomic E-state index is 13.0. The number of piperazine rings is 1. The lowest BCUT2D eigenvalue weighted by Gasteiger charge is -2.40. The minimum absolute atomic E-state index is 0.0203. The lowest BCUT2D eigenvalue weighted by atomic mass is 10.1. The summed E-state index contributed by atoms with van der Waals surface area (Å²) in [7, 11) is 0. The van der Waals surface area contributed by atoms with Crippen LogP contribution in [-0.4, -0.2) is 67.8 Å². The Bertz CT molecular complexity index is 1450. The first-order chi connectivity index (χ1) is 19.4. The van der Waals surface area contributed by atoms with Crippen molar-refractivity contribution >= 4 is 23.6 Å². The van der Waals surface area contributed by atoms with Crippen molar-refractivity contribution in [2.24, 2.45) is 0 Å². The van der Waals surface area contributed by atoms with E-state index < -0.39 is 0 Å². The normalized spacial score (nSPS) is 15.3. The molecule has 0 bridgehead atoms. The van der Waals surface area contributed by atoms with Gasteiger partial charge in [-0.2, -0.15) is 0 Å². The topological polar surface area (TPSA) is 71.3 Å². The molecule has 0 spiro atoms. The molecule has 0 N–H and O–H groups in total. The van der Waals surface area contributed by atoms with E-state index in [1.165, 1.54) is 11.1 Å². The Morgan fingerprint density at radius 2 is 1.55 bits per heavy atom. The van der Waals surface area contributed by atoms with Crippen LogP contribution >= 0.6 is 11.8 Å². The van der Waals surface area contributed by atoms with Crippen molar-refractivity contribution in [3.05, 3.63) is 95.6 Å². The molecule has 40 heavy (non-hydrogen) atoms. The quantitative estimate of drug-likeness (QED) is 0.204. The Morgan fingerprint density at radius 3 is 2.23 bits per heavy atom. The lowest BCUT2D eigenvalue weighted by Crippen LogP contribution is -2.55. The molecule has 1 aliphatic rings. The van der Waals surface area contributed by atoms with E-state index in [0.717, 1.165) is 34.4 Å². The summed E-state index contributed by atoms with van der Waals surface area (Å²) in [6, 6.07) is 26.0. The van der Waals surface area contributed by atoms with Gasteiger partial charge >= 0.3 is 0 Å². The number of nitrogens with zero attached hydrogens (tertiary/aromatic N) is 5. The van der Waals surface area contributed by atoms with Gasteiger partial charge in [0.1, 0.15) is 0 Å². The molecule has 7 nitrogen and oxygen atoms in total. The minimum Gasteiger partial charge on any atom is -0.339 e. The number of hydrogen-bond donors (Lipinski definition) is 0. The zero-order chi connectivity index (χ0) is 28.1. The number of hydrogen-bond acceptors (Lipinski definition) is 5. The first kappa shape index (κ1) is 27.6. The van der Waals surface area contributed by atoms with E-state index >= 15 is 0 Å². The number of thioether (sulfide) groups is 1. The van der Waals surface area contributed by atoms with Gasteiger partial charge in [0.15, 0.2) is 11.0 Å². The third kappa shape index (κ3) is 6.28. The van der Waals surface area contributed by atoms with Crippen LogP contribution in [0.3, 0.4) is 0 Å². The number of benzene rings is 3. The maximum Gasteiger partial charge on any atom is 0.254 e. The first-order valence-corrected chi connectivity index (χ1v) is 14.8. The highest BCUT2D eigenvalue weighted by atomic mass is 32.2. The van der Waals surface area contributed by atoms with Gasteiger partial charge in [0.25, 0.3) is 5.91 Å². The highest BCUT2D eigenvalue weighted by molar-refractivity contribution is 7.99. The van der Waals surface area contributed by atoms with Gasteiger partial charge in [-0.3, -0.25) is 14.2 Å². The third-order valence-corrected chi connectivity index (χ3v) is 8.28. The van der Waals surface area contributed by atoms with Crippen molar-refractivity contribution in [3.8, 4) is 17.1 Å². The van der Waals surface area contributed by atoms with Crippen LogP contribution in [0.25, 0.3) is 17.1 Å². The van der Waals surface area contributed by atoms with E-state index in [-0.39, 0.29) is 17.9 Å². The number of amides is 2. The maximum atomic E-state index is 13.0. The number of rotatable bonds is 8. The largest absolute Gasteiger partial charge is 0.339 e. The summed E-state index contributed by atoms with van der Waals surface area (Å²) >= 11 is 1.62. The lowest BCUT2D eigenvalue weighted by molar-refractivity contribution is -0.133. The summed E-state index contributed by atoms with van der Waals surface area (Å²) in [5.41, 5.74) is 5.11. The van der Waals surface area contributed by atoms with Crippen LogP contribution in [0.15, 0.2) is 84.0 Å². The second kappa shape index (κ2) is 12.5. The van der Waals surface area contributed by atoms with Crippen LogP contribution < -0.4 is 0 Å². The van der Waals surface area contributed by atoms with Crippen molar-refractivity contribution in [2.45, 2.75) is 44.8 Å². The summed E-state index contributed by atoms with van der Waals surface area (Å²) in [5, 5.41) is 9.88. The zero-order valence-electron chi connectivity index (χ0n) is 23.3. The smallest absolute Gasteiger partial charge is 0.254 e. The molecule has 0 saturated carbocycles. The predicted octanol–water partition coefficient (Wildman–Crippen LogP) is 5.80. The van der Waals surface area contributed by atoms with E-state index in [1.54, 1.807) is 11.8 Å². The van der Waals surface area contributed by atoms with E-state index in [4.69, 9.17) is 0 Å². The fourth-order valence-electron chi connectivity index (χ4n) is 4.96. The van der Waals surface area contributed by atoms with Gasteiger partial charge in [0.05, 0.1) is 0 Å². The predicted molar refractivity (Wildman–Crippen MR) is 160 cm³/mol. The summed E-state index contributed by atoms with van der Waals surface area (Å²) in [6.07, 6.45) is 1.21. The zero-order valence-corrected chi connectivity index (χ0v) is 24.1. The van der Waals surface area contributed by atoms with Crippen LogP contribution in [0.2, 0.25) is 0 Å². The van der Waals surface area contributed by atoms with E-state index in [2.05, 4.69) is 77.1 Å². The SMILES string of the molecule is Cc1ccc(-c2nnc(SCCCC(=O)N3CCN(C(=O)c4ccccc4)C(C)C3)n2-c2ccc(C)cc2)cc1. The molecule has 1 aliphatic heterocycles. The summed E-state index contributed by atoms with van der Waals surface area (Å²) in [5.74, 6) is 1.73. The molecule has 1 unspecified atom stereocenters. The Hall–Kier alpha value is -3.91. The van der Waals surface area contributed by atoms with Crippen LogP contribution in [0.4, 0.5) is 0 Å². The number of aromatic nitrogens is 3. The average Bonchev–Trinajstić information content (AvgIpc) is 3.40. The fraction of sp³-hybridized carbons (Fsp3) is 0.312. The van der Waals surface area contributed by atoms with Crippen molar-refractivity contribution < 1.29 is 9.59 Å². The van der Waals surface area contributed by atoms with Gasteiger partial charge in [-0.25, -0.2) is 0 Å². The molecule has 2 heterocycles. The Labute approximate surface area is 240 Å². The molecule has 8 heteroatoms. The molecule has 1 fully saturated rings. The Kier molecular flexibility index (Phi) is 8.65. The van der Waals surface area contributed by atoms with Gasteiger partial charge in [-0.15, -0.1) is 10.2 Å². The van der Waals surface area contributed by atoms with Crippen molar-refractivity contribution in [2.75, 3.05) is 25.4 Å². The molecular formula is C32H35N5O2S. The van der Waals surface area contributed by atoms with Gasteiger partial charge in [0, 0.05) is 54.7 Å². The molecule has 206 valence electrons. The standard InChI is InChI=1S/C32H35N5O2S/c1-23-11-15-26(16-12-23)30-33-34-32(37(30)28-17-13-24(2)14-18-28)40-21-7-10-29(38)35-19-20-36(25(3)22-35)31(39)27-8-5-4-6-9-27/h4-6,8-9,11-18,25H,7,10,19-22H2,1-3H3. The van der Waals surface area contributed by atoms with Gasteiger partial charge in [-0.05, 0) is 51.5 Å². The Morgan fingerprint density at radius 1 is 0.875 bits per heavy atom. The second-order valence-electron chi connectivity index (χ2n) is 10.3. The molecule has 1 aromatic heterocycles. The van der Waals surface area contributed by atoms with Gasteiger partial charge in [0.2, 0.25) is 5.91 Å². The van der Waals surface area contributed by atoms with E-state index in [1.807, 2.05) is 47.1 Å². The molecule has 2 amide bonds. The second-order valence-corrected chi connectivity index (χ2v) is 11.4. The highest BCUT2D eigenvalue weighted by Crippen LogP contribution is 2.29. The number of carbonyl (C=O) groups is 2. The van der Waals surface area contributed by atoms with Crippen molar-refractivity contribution in [1.82, 2.24) is 24.6 Å². The van der Waals surface area contributed by atoms with E-state index in [9.17, 15) is 9.59 Å². The molecule has 5 rings (SSSR count). The first-order valence-electron chi connectivity index (χ1n) is 13.8. The third-order valence-electron chi connectivity index (χ3n) is 7.26. The molecule has 0 radical (unpaired) electrons. The molecular weight excluding hydrogens is 518 g/mol. The number of carbonyl (C=O) groups excluding carboxylic acids is 2. The average molecular weight is 554 g/mol. The van der Waals surface area contributed by atoms with Crippen molar-refractivity contribution in [1.29, 1.82) is 0 Å². The van der Waals surface area contributed by atoms with E-state index in [0.29, 0.717) is 31.6 Å². The van der Waals surface area contributed by atoms with Gasteiger partial charge in [-0.1, -0.05) is 77.5 Å². The summed E-state index contributed by atoms with van der Waals surface area (Å²) in [6.45, 7) is 7.84. The highest BCUT2D eigenvalue weighted by Gasteiger charge is 2.30. The molecule has 0 aliphatic carbocycles. The molecule has 1 atom stereocenters. The number of aryl methyl sites for hydroxylation is 2. The van der Waals surface area contributed by atoms with Crippen LogP contribution in [-0.2, 0) is 4.79 Å². The monoisotopic (exact) mass is 553 g/mol. The fourth-order valence-corrected chi connectivity index (χ4v) is 5.85. The minimum atomic E-state index is -0.0203. The van der Waals surface area contributed by atoms with Crippen LogP contribution in [0, 0.1) is 13.8 Å². The molecule has 4 aromatic rings. The summed E-state index contributed by atoms with van der Waals surface area (Å²) < 4.78 is 2.10. The van der Waals surface area contributed by atoms with Crippen molar-refractivity contribution in [3.63, 3.8) is 0 Å². The van der Waals surface area contributed by atoms with Gasteiger partial charge < -0.3 is 9.80 Å². The Balaban J connectivity index is 1.19. The molecule has 1 saturated heterocycles. The van der Waals surface area contributed by atoms with Crippen LogP contribution in [0.5, 0.6) is 0 Å².